The van der Waals surface area contributed by atoms with E-state index in [0.717, 1.165) is 6.04 Å². The first-order chi connectivity index (χ1) is 7.95. The molecule has 1 unspecified atom stereocenters. The average Bonchev–Trinajstić information content (AvgIpc) is 3.01. The van der Waals surface area contributed by atoms with Gasteiger partial charge in [-0.25, -0.2) is 0 Å². The fourth-order valence-corrected chi connectivity index (χ4v) is 3.42. The number of aromatic nitrogens is 2. The molecule has 1 aliphatic heterocycles. The largest absolute Gasteiger partial charge is 0.292 e. The Balaban J connectivity index is 1.73. The second kappa shape index (κ2) is 4.58. The van der Waals surface area contributed by atoms with Crippen molar-refractivity contribution in [2.45, 2.75) is 57.0 Å². The zero-order chi connectivity index (χ0) is 10.8. The molecule has 1 N–H and O–H groups in total. The van der Waals surface area contributed by atoms with Gasteiger partial charge in [-0.15, -0.1) is 0 Å². The number of hydrogen-bond acceptors (Lipinski definition) is 2. The summed E-state index contributed by atoms with van der Waals surface area (Å²) in [5.74, 6) is 0. The van der Waals surface area contributed by atoms with Crippen LogP contribution in [-0.4, -0.2) is 27.7 Å². The van der Waals surface area contributed by atoms with E-state index in [1.54, 1.807) is 0 Å². The Morgan fingerprint density at radius 1 is 1.12 bits per heavy atom. The SMILES string of the molecule is c1cc(C2CCCN2C2CCCCC2)[nH]n1. The topological polar surface area (TPSA) is 31.9 Å². The third-order valence-corrected chi connectivity index (χ3v) is 4.22. The zero-order valence-electron chi connectivity index (χ0n) is 9.86. The maximum atomic E-state index is 4.09. The van der Waals surface area contributed by atoms with Crippen molar-refractivity contribution in [3.63, 3.8) is 0 Å². The molecule has 0 amide bonds. The van der Waals surface area contributed by atoms with Crippen LogP contribution in [0.2, 0.25) is 0 Å². The lowest BCUT2D eigenvalue weighted by molar-refractivity contribution is 0.140. The van der Waals surface area contributed by atoms with Gasteiger partial charge in [0, 0.05) is 12.2 Å². The molecule has 0 aromatic carbocycles. The number of hydrogen-bond donors (Lipinski definition) is 1. The van der Waals surface area contributed by atoms with Gasteiger partial charge >= 0.3 is 0 Å². The molecule has 0 radical (unpaired) electrons. The van der Waals surface area contributed by atoms with Crippen molar-refractivity contribution in [3.05, 3.63) is 18.0 Å². The molecule has 16 heavy (non-hydrogen) atoms. The molecule has 1 atom stereocenters. The number of rotatable bonds is 2. The molecule has 88 valence electrons. The van der Waals surface area contributed by atoms with Gasteiger partial charge in [-0.05, 0) is 38.3 Å². The average molecular weight is 219 g/mol. The lowest BCUT2D eigenvalue weighted by Crippen LogP contribution is -2.36. The van der Waals surface area contributed by atoms with E-state index < -0.39 is 0 Å². The summed E-state index contributed by atoms with van der Waals surface area (Å²) < 4.78 is 0. The standard InChI is InChI=1S/C13H21N3/c1-2-5-11(6-3-1)16-10-4-7-13(16)12-8-9-14-15-12/h8-9,11,13H,1-7,10H2,(H,14,15). The molecular formula is C13H21N3. The van der Waals surface area contributed by atoms with Crippen molar-refractivity contribution in [1.29, 1.82) is 0 Å². The fourth-order valence-electron chi connectivity index (χ4n) is 3.42. The van der Waals surface area contributed by atoms with Crippen molar-refractivity contribution in [2.75, 3.05) is 6.54 Å². The third-order valence-electron chi connectivity index (χ3n) is 4.22. The fraction of sp³-hybridized carbons (Fsp3) is 0.769. The summed E-state index contributed by atoms with van der Waals surface area (Å²) in [6, 6.07) is 3.60. The first kappa shape index (κ1) is 10.3. The predicted molar refractivity (Wildman–Crippen MR) is 64.1 cm³/mol. The number of H-pyrrole nitrogens is 1. The molecule has 2 aliphatic rings. The lowest BCUT2D eigenvalue weighted by atomic mass is 9.93. The molecular weight excluding hydrogens is 198 g/mol. The Kier molecular flexibility index (Phi) is 2.96. The van der Waals surface area contributed by atoms with Gasteiger partial charge in [0.1, 0.15) is 0 Å². The van der Waals surface area contributed by atoms with Crippen molar-refractivity contribution in [1.82, 2.24) is 15.1 Å². The van der Waals surface area contributed by atoms with E-state index in [-0.39, 0.29) is 0 Å². The van der Waals surface area contributed by atoms with Gasteiger partial charge in [0.25, 0.3) is 0 Å². The molecule has 1 saturated heterocycles. The van der Waals surface area contributed by atoms with Crippen LogP contribution in [0.5, 0.6) is 0 Å². The van der Waals surface area contributed by atoms with E-state index in [9.17, 15) is 0 Å². The summed E-state index contributed by atoms with van der Waals surface area (Å²) in [5.41, 5.74) is 1.32. The molecule has 1 saturated carbocycles. The quantitative estimate of drug-likeness (QED) is 0.829. The first-order valence-corrected chi connectivity index (χ1v) is 6.70. The zero-order valence-corrected chi connectivity index (χ0v) is 9.86. The minimum Gasteiger partial charge on any atom is -0.292 e. The van der Waals surface area contributed by atoms with E-state index in [2.05, 4.69) is 21.2 Å². The van der Waals surface area contributed by atoms with E-state index >= 15 is 0 Å². The van der Waals surface area contributed by atoms with Crippen LogP contribution >= 0.6 is 0 Å². The predicted octanol–water partition coefficient (Wildman–Crippen LogP) is 2.88. The summed E-state index contributed by atoms with van der Waals surface area (Å²) >= 11 is 0. The minimum atomic E-state index is 0.616. The van der Waals surface area contributed by atoms with Gasteiger partial charge in [-0.3, -0.25) is 10.00 Å². The lowest BCUT2D eigenvalue weighted by Gasteiger charge is -2.35. The Morgan fingerprint density at radius 3 is 2.75 bits per heavy atom. The molecule has 3 heteroatoms. The van der Waals surface area contributed by atoms with Crippen molar-refractivity contribution < 1.29 is 0 Å². The number of aromatic amines is 1. The highest BCUT2D eigenvalue weighted by Crippen LogP contribution is 2.36. The van der Waals surface area contributed by atoms with E-state index in [4.69, 9.17) is 0 Å². The van der Waals surface area contributed by atoms with Crippen molar-refractivity contribution in [3.8, 4) is 0 Å². The van der Waals surface area contributed by atoms with E-state index in [1.807, 2.05) is 6.20 Å². The van der Waals surface area contributed by atoms with Crippen molar-refractivity contribution in [2.24, 2.45) is 0 Å². The highest BCUT2D eigenvalue weighted by Gasteiger charge is 2.32. The number of nitrogens with one attached hydrogen (secondary N) is 1. The molecule has 0 spiro atoms. The van der Waals surface area contributed by atoms with Crippen LogP contribution in [0.1, 0.15) is 56.7 Å². The maximum Gasteiger partial charge on any atom is 0.0523 e. The summed E-state index contributed by atoms with van der Waals surface area (Å²) in [5, 5.41) is 7.25. The summed E-state index contributed by atoms with van der Waals surface area (Å²) in [7, 11) is 0. The van der Waals surface area contributed by atoms with E-state index in [0.29, 0.717) is 6.04 Å². The molecule has 3 rings (SSSR count). The van der Waals surface area contributed by atoms with Crippen LogP contribution in [0.3, 0.4) is 0 Å². The summed E-state index contributed by atoms with van der Waals surface area (Å²) in [6.45, 7) is 1.29. The Hall–Kier alpha value is -0.830. The first-order valence-electron chi connectivity index (χ1n) is 6.70. The Labute approximate surface area is 97.2 Å². The van der Waals surface area contributed by atoms with Crippen LogP contribution in [-0.2, 0) is 0 Å². The molecule has 2 fully saturated rings. The van der Waals surface area contributed by atoms with Crippen LogP contribution in [0.25, 0.3) is 0 Å². The van der Waals surface area contributed by atoms with Gasteiger partial charge in [0.05, 0.1) is 11.7 Å². The molecule has 3 nitrogen and oxygen atoms in total. The van der Waals surface area contributed by atoms with Crippen molar-refractivity contribution >= 4 is 0 Å². The van der Waals surface area contributed by atoms with Gasteiger partial charge in [-0.2, -0.15) is 5.10 Å². The normalized spacial score (nSPS) is 28.6. The van der Waals surface area contributed by atoms with Gasteiger partial charge in [0.15, 0.2) is 0 Å². The molecule has 1 aliphatic carbocycles. The maximum absolute atomic E-state index is 4.09. The number of likely N-dealkylation sites (tertiary alicyclic amines) is 1. The molecule has 2 heterocycles. The second-order valence-electron chi connectivity index (χ2n) is 5.20. The van der Waals surface area contributed by atoms with E-state index in [1.165, 1.54) is 57.2 Å². The van der Waals surface area contributed by atoms with Crippen LogP contribution < -0.4 is 0 Å². The summed E-state index contributed by atoms with van der Waals surface area (Å²) in [6.07, 6.45) is 11.6. The highest BCUT2D eigenvalue weighted by molar-refractivity contribution is 5.07. The molecule has 1 aromatic rings. The Bertz CT molecular complexity index is 314. The highest BCUT2D eigenvalue weighted by atomic mass is 15.2. The minimum absolute atomic E-state index is 0.616. The molecule has 0 bridgehead atoms. The monoisotopic (exact) mass is 219 g/mol. The van der Waals surface area contributed by atoms with Crippen LogP contribution in [0.4, 0.5) is 0 Å². The van der Waals surface area contributed by atoms with Crippen LogP contribution in [0, 0.1) is 0 Å². The smallest absolute Gasteiger partial charge is 0.0523 e. The number of nitrogens with zero attached hydrogens (tertiary/aromatic N) is 2. The van der Waals surface area contributed by atoms with Gasteiger partial charge < -0.3 is 0 Å². The van der Waals surface area contributed by atoms with Crippen LogP contribution in [0.15, 0.2) is 12.3 Å². The summed E-state index contributed by atoms with van der Waals surface area (Å²) in [4.78, 5) is 2.73. The van der Waals surface area contributed by atoms with Gasteiger partial charge in [0.2, 0.25) is 0 Å². The Morgan fingerprint density at radius 2 is 2.00 bits per heavy atom. The molecule has 1 aromatic heterocycles. The second-order valence-corrected chi connectivity index (χ2v) is 5.20. The van der Waals surface area contributed by atoms with Gasteiger partial charge in [-0.1, -0.05) is 19.3 Å². The third kappa shape index (κ3) is 1.88.